The molecule has 0 aromatic heterocycles. The molecule has 3 N–H and O–H groups in total. The first-order valence-electron chi connectivity index (χ1n) is 6.34. The van der Waals surface area contributed by atoms with E-state index in [2.05, 4.69) is 15.8 Å². The van der Waals surface area contributed by atoms with Crippen LogP contribution in [0.3, 0.4) is 0 Å². The van der Waals surface area contributed by atoms with Gasteiger partial charge >= 0.3 is 0 Å². The Kier molecular flexibility index (Phi) is 6.36. The molecule has 1 rings (SSSR count). The molecule has 1 fully saturated rings. The van der Waals surface area contributed by atoms with Crippen LogP contribution < -0.4 is 10.6 Å². The van der Waals surface area contributed by atoms with Crippen molar-refractivity contribution in [3.8, 4) is 6.07 Å². The third kappa shape index (κ3) is 5.38. The van der Waals surface area contributed by atoms with Gasteiger partial charge in [0.25, 0.3) is 5.91 Å². The molecule has 0 aromatic rings. The molecule has 0 aliphatic heterocycles. The molecule has 0 heterocycles. The van der Waals surface area contributed by atoms with Gasteiger partial charge in [0, 0.05) is 6.54 Å². The van der Waals surface area contributed by atoms with Crippen LogP contribution in [0.2, 0.25) is 0 Å². The zero-order valence-electron chi connectivity index (χ0n) is 10.7. The highest BCUT2D eigenvalue weighted by molar-refractivity contribution is 6.45. The second-order valence-electron chi connectivity index (χ2n) is 4.55. The first-order valence-corrected chi connectivity index (χ1v) is 6.34. The van der Waals surface area contributed by atoms with Gasteiger partial charge in [0.2, 0.25) is 11.6 Å². The Morgan fingerprint density at radius 3 is 2.53 bits per heavy atom. The number of oxime groups is 1. The Morgan fingerprint density at radius 2 is 1.95 bits per heavy atom. The summed E-state index contributed by atoms with van der Waals surface area (Å²) in [6, 6.07) is 1.42. The minimum atomic E-state index is -0.863. The van der Waals surface area contributed by atoms with E-state index in [9.17, 15) is 9.59 Å². The van der Waals surface area contributed by atoms with Gasteiger partial charge in [0.1, 0.15) is 6.07 Å². The second-order valence-corrected chi connectivity index (χ2v) is 4.55. The molecule has 0 spiro atoms. The van der Waals surface area contributed by atoms with E-state index in [-0.39, 0.29) is 12.5 Å². The fourth-order valence-electron chi connectivity index (χ4n) is 2.07. The van der Waals surface area contributed by atoms with Crippen LogP contribution in [0.4, 0.5) is 0 Å². The summed E-state index contributed by atoms with van der Waals surface area (Å²) < 4.78 is 0. The van der Waals surface area contributed by atoms with E-state index < -0.39 is 11.6 Å². The molecule has 0 unspecified atom stereocenters. The molecule has 1 saturated carbocycles. The fourth-order valence-corrected chi connectivity index (χ4v) is 2.07. The van der Waals surface area contributed by atoms with Gasteiger partial charge in [0.15, 0.2) is 0 Å². The molecular weight excluding hydrogens is 248 g/mol. The Hall–Kier alpha value is -2.10. The van der Waals surface area contributed by atoms with Crippen molar-refractivity contribution in [2.24, 2.45) is 11.1 Å². The highest BCUT2D eigenvalue weighted by Gasteiger charge is 2.15. The summed E-state index contributed by atoms with van der Waals surface area (Å²) in [5, 5.41) is 24.2. The lowest BCUT2D eigenvalue weighted by molar-refractivity contribution is -0.123. The molecule has 0 aromatic carbocycles. The van der Waals surface area contributed by atoms with Crippen LogP contribution in [0, 0.1) is 17.2 Å². The molecule has 1 aliphatic rings. The van der Waals surface area contributed by atoms with Gasteiger partial charge in [-0.2, -0.15) is 5.26 Å². The highest BCUT2D eigenvalue weighted by atomic mass is 16.4. The Labute approximate surface area is 111 Å². The minimum absolute atomic E-state index is 0.230. The quantitative estimate of drug-likeness (QED) is 0.373. The predicted molar refractivity (Wildman–Crippen MR) is 67.4 cm³/mol. The number of nitriles is 1. The lowest BCUT2D eigenvalue weighted by atomic mass is 9.89. The summed E-state index contributed by atoms with van der Waals surface area (Å²) in [5.74, 6) is -0.658. The number of rotatable bonds is 5. The molecule has 7 heteroatoms. The van der Waals surface area contributed by atoms with Crippen LogP contribution in [-0.2, 0) is 9.59 Å². The number of carbonyl (C=O) groups is 2. The Balaban J connectivity index is 2.21. The van der Waals surface area contributed by atoms with E-state index in [1.807, 2.05) is 0 Å². The van der Waals surface area contributed by atoms with Crippen molar-refractivity contribution in [1.82, 2.24) is 10.6 Å². The van der Waals surface area contributed by atoms with Crippen LogP contribution in [0.25, 0.3) is 0 Å². The van der Waals surface area contributed by atoms with Crippen molar-refractivity contribution in [3.05, 3.63) is 0 Å². The molecule has 0 bridgehead atoms. The zero-order valence-corrected chi connectivity index (χ0v) is 10.7. The summed E-state index contributed by atoms with van der Waals surface area (Å²) >= 11 is 0. The molecule has 104 valence electrons. The van der Waals surface area contributed by atoms with E-state index >= 15 is 0 Å². The number of carbonyl (C=O) groups excluding carboxylic acids is 2. The average molecular weight is 266 g/mol. The van der Waals surface area contributed by atoms with Crippen LogP contribution in [0.1, 0.15) is 32.1 Å². The van der Waals surface area contributed by atoms with E-state index in [1.54, 1.807) is 0 Å². The fraction of sp³-hybridized carbons (Fsp3) is 0.667. The first kappa shape index (κ1) is 15.0. The minimum Gasteiger partial charge on any atom is -0.410 e. The largest absolute Gasteiger partial charge is 0.410 e. The molecule has 0 radical (unpaired) electrons. The standard InChI is InChI=1S/C12H18N4O3/c13-6-10(16-19)12(18)15-8-11(17)14-7-9-4-2-1-3-5-9/h9,19H,1-5,7-8H2,(H,14,17)(H,15,18). The zero-order chi connectivity index (χ0) is 14.1. The summed E-state index contributed by atoms with van der Waals surface area (Å²) in [6.07, 6.45) is 5.92. The number of nitrogens with one attached hydrogen (secondary N) is 2. The number of hydrogen-bond donors (Lipinski definition) is 3. The van der Waals surface area contributed by atoms with Crippen molar-refractivity contribution in [3.63, 3.8) is 0 Å². The van der Waals surface area contributed by atoms with Crippen molar-refractivity contribution in [2.75, 3.05) is 13.1 Å². The van der Waals surface area contributed by atoms with Crippen LogP contribution >= 0.6 is 0 Å². The first-order chi connectivity index (χ1) is 9.17. The molecule has 2 amide bonds. The van der Waals surface area contributed by atoms with E-state index in [0.29, 0.717) is 12.5 Å². The molecule has 7 nitrogen and oxygen atoms in total. The topological polar surface area (TPSA) is 115 Å². The summed E-state index contributed by atoms with van der Waals surface area (Å²) in [5.41, 5.74) is -0.667. The van der Waals surface area contributed by atoms with Gasteiger partial charge in [-0.25, -0.2) is 0 Å². The van der Waals surface area contributed by atoms with Gasteiger partial charge < -0.3 is 15.8 Å². The average Bonchev–Trinajstić information content (AvgIpc) is 2.45. The lowest BCUT2D eigenvalue weighted by Crippen LogP contribution is -2.41. The summed E-state index contributed by atoms with van der Waals surface area (Å²) in [7, 11) is 0. The smallest absolute Gasteiger partial charge is 0.284 e. The van der Waals surface area contributed by atoms with Crippen LogP contribution in [-0.4, -0.2) is 35.8 Å². The maximum atomic E-state index is 11.5. The maximum absolute atomic E-state index is 11.5. The van der Waals surface area contributed by atoms with Gasteiger partial charge in [-0.05, 0) is 18.8 Å². The lowest BCUT2D eigenvalue weighted by Gasteiger charge is -2.21. The van der Waals surface area contributed by atoms with Crippen molar-refractivity contribution < 1.29 is 14.8 Å². The molecule has 0 saturated heterocycles. The van der Waals surface area contributed by atoms with Gasteiger partial charge in [-0.1, -0.05) is 24.4 Å². The van der Waals surface area contributed by atoms with Crippen LogP contribution in [0.15, 0.2) is 5.16 Å². The molecule has 1 aliphatic carbocycles. The molecule has 0 atom stereocenters. The highest BCUT2D eigenvalue weighted by Crippen LogP contribution is 2.22. The van der Waals surface area contributed by atoms with E-state index in [1.165, 1.54) is 25.3 Å². The van der Waals surface area contributed by atoms with Gasteiger partial charge in [-0.3, -0.25) is 9.59 Å². The predicted octanol–water partition coefficient (Wildman–Crippen LogP) is 0.153. The third-order valence-electron chi connectivity index (χ3n) is 3.14. The number of hydrogen-bond acceptors (Lipinski definition) is 5. The second kappa shape index (κ2) is 8.08. The normalized spacial score (nSPS) is 16.5. The monoisotopic (exact) mass is 266 g/mol. The van der Waals surface area contributed by atoms with Crippen molar-refractivity contribution in [1.29, 1.82) is 5.26 Å². The molecule has 19 heavy (non-hydrogen) atoms. The molecular formula is C12H18N4O3. The summed E-state index contributed by atoms with van der Waals surface area (Å²) in [4.78, 5) is 22.7. The third-order valence-corrected chi connectivity index (χ3v) is 3.14. The Bertz CT molecular complexity index is 394. The number of amides is 2. The van der Waals surface area contributed by atoms with E-state index in [0.717, 1.165) is 12.8 Å². The van der Waals surface area contributed by atoms with Gasteiger partial charge in [0.05, 0.1) is 6.54 Å². The SMILES string of the molecule is N#CC(=NO)C(=O)NCC(=O)NCC1CCCCC1. The van der Waals surface area contributed by atoms with Gasteiger partial charge in [-0.15, -0.1) is 0 Å². The Morgan fingerprint density at radius 1 is 1.26 bits per heavy atom. The van der Waals surface area contributed by atoms with Crippen molar-refractivity contribution in [2.45, 2.75) is 32.1 Å². The maximum Gasteiger partial charge on any atom is 0.284 e. The summed E-state index contributed by atoms with van der Waals surface area (Å²) in [6.45, 7) is 0.389. The van der Waals surface area contributed by atoms with Crippen LogP contribution in [0.5, 0.6) is 0 Å². The number of nitrogens with zero attached hydrogens (tertiary/aromatic N) is 2. The van der Waals surface area contributed by atoms with Crippen molar-refractivity contribution >= 4 is 17.5 Å². The van der Waals surface area contributed by atoms with E-state index in [4.69, 9.17) is 10.5 Å².